The van der Waals surface area contributed by atoms with Gasteiger partial charge in [-0.2, -0.15) is 4.52 Å². The number of carbonyl (C=O) groups is 1. The van der Waals surface area contributed by atoms with Crippen LogP contribution in [-0.4, -0.2) is 38.8 Å². The minimum atomic E-state index is 0.00179. The lowest BCUT2D eigenvalue weighted by molar-refractivity contribution is -0.125. The molecule has 1 N–H and O–H groups in total. The molecule has 1 aliphatic heterocycles. The van der Waals surface area contributed by atoms with Crippen molar-refractivity contribution < 1.29 is 4.79 Å². The van der Waals surface area contributed by atoms with Crippen LogP contribution in [0.2, 0.25) is 5.02 Å². The van der Waals surface area contributed by atoms with Crippen LogP contribution in [-0.2, 0) is 11.3 Å². The zero-order chi connectivity index (χ0) is 22.8. The van der Waals surface area contributed by atoms with Crippen LogP contribution in [0, 0.1) is 12.8 Å². The summed E-state index contributed by atoms with van der Waals surface area (Å²) in [5.74, 6) is 1.69. The van der Waals surface area contributed by atoms with Crippen molar-refractivity contribution in [1.82, 2.24) is 25.1 Å². The highest BCUT2D eigenvalue weighted by Gasteiger charge is 2.26. The summed E-state index contributed by atoms with van der Waals surface area (Å²) in [6.07, 6.45) is 1.57. The largest absolute Gasteiger partial charge is 0.355 e. The molecule has 1 aliphatic rings. The molecule has 0 aliphatic carbocycles. The van der Waals surface area contributed by atoms with E-state index in [1.807, 2.05) is 48.5 Å². The number of anilines is 1. The molecule has 5 rings (SSSR count). The fourth-order valence-corrected chi connectivity index (χ4v) is 4.48. The van der Waals surface area contributed by atoms with Crippen molar-refractivity contribution in [3.63, 3.8) is 0 Å². The van der Waals surface area contributed by atoms with Gasteiger partial charge in [0, 0.05) is 36.1 Å². The smallest absolute Gasteiger partial charge is 0.223 e. The Kier molecular flexibility index (Phi) is 5.96. The zero-order valence-corrected chi connectivity index (χ0v) is 19.2. The fourth-order valence-electron chi connectivity index (χ4n) is 4.26. The number of nitrogens with zero attached hydrogens (tertiary/aromatic N) is 5. The minimum absolute atomic E-state index is 0.00179. The van der Waals surface area contributed by atoms with E-state index in [4.69, 9.17) is 16.7 Å². The Labute approximate surface area is 197 Å². The molecule has 2 aromatic heterocycles. The van der Waals surface area contributed by atoms with Gasteiger partial charge >= 0.3 is 0 Å². The van der Waals surface area contributed by atoms with Crippen LogP contribution >= 0.6 is 11.6 Å². The highest BCUT2D eigenvalue weighted by atomic mass is 35.5. The van der Waals surface area contributed by atoms with E-state index in [1.165, 1.54) is 0 Å². The number of aromatic nitrogens is 4. The SMILES string of the molecule is Cc1cccc(-c2nnc3ccc(N4CCC(C(=O)NCc5cccc(Cl)c5)CC4)nn23)c1. The van der Waals surface area contributed by atoms with E-state index in [0.717, 1.165) is 54.3 Å². The number of rotatable bonds is 5. The minimum Gasteiger partial charge on any atom is -0.355 e. The Morgan fingerprint density at radius 2 is 1.88 bits per heavy atom. The van der Waals surface area contributed by atoms with Crippen LogP contribution in [0.4, 0.5) is 5.82 Å². The Bertz CT molecular complexity index is 1300. The number of halogens is 1. The van der Waals surface area contributed by atoms with Crippen molar-refractivity contribution in [2.75, 3.05) is 18.0 Å². The summed E-state index contributed by atoms with van der Waals surface area (Å²) in [6, 6.07) is 19.7. The number of fused-ring (bicyclic) bond motifs is 1. The van der Waals surface area contributed by atoms with Gasteiger partial charge in [-0.1, -0.05) is 47.5 Å². The molecule has 7 nitrogen and oxygen atoms in total. The van der Waals surface area contributed by atoms with Crippen molar-refractivity contribution >= 4 is 29.0 Å². The van der Waals surface area contributed by atoms with E-state index in [-0.39, 0.29) is 11.8 Å². The third kappa shape index (κ3) is 4.68. The Balaban J connectivity index is 1.24. The van der Waals surface area contributed by atoms with Crippen LogP contribution in [0.1, 0.15) is 24.0 Å². The molecule has 8 heteroatoms. The average molecular weight is 461 g/mol. The van der Waals surface area contributed by atoms with Crippen molar-refractivity contribution in [1.29, 1.82) is 0 Å². The molecule has 33 heavy (non-hydrogen) atoms. The van der Waals surface area contributed by atoms with Gasteiger partial charge in [-0.3, -0.25) is 4.79 Å². The van der Waals surface area contributed by atoms with Gasteiger partial charge in [-0.25, -0.2) is 0 Å². The maximum absolute atomic E-state index is 12.7. The quantitative estimate of drug-likeness (QED) is 0.481. The van der Waals surface area contributed by atoms with E-state index in [9.17, 15) is 4.79 Å². The second-order valence-electron chi connectivity index (χ2n) is 8.46. The normalized spacial score (nSPS) is 14.5. The highest BCUT2D eigenvalue weighted by molar-refractivity contribution is 6.30. The molecule has 1 saturated heterocycles. The van der Waals surface area contributed by atoms with Crippen molar-refractivity contribution in [3.05, 3.63) is 76.8 Å². The van der Waals surface area contributed by atoms with Gasteiger partial charge in [0.1, 0.15) is 5.82 Å². The van der Waals surface area contributed by atoms with E-state index in [1.54, 1.807) is 4.52 Å². The molecule has 1 amide bonds. The monoisotopic (exact) mass is 460 g/mol. The number of hydrogen-bond donors (Lipinski definition) is 1. The van der Waals surface area contributed by atoms with Crippen LogP contribution in [0.3, 0.4) is 0 Å². The third-order valence-corrected chi connectivity index (χ3v) is 6.31. The van der Waals surface area contributed by atoms with Crippen molar-refractivity contribution in [3.8, 4) is 11.4 Å². The topological polar surface area (TPSA) is 75.4 Å². The molecule has 1 fully saturated rings. The van der Waals surface area contributed by atoms with Gasteiger partial charge < -0.3 is 10.2 Å². The molecule has 0 bridgehead atoms. The summed E-state index contributed by atoms with van der Waals surface area (Å²) in [5.41, 5.74) is 3.87. The summed E-state index contributed by atoms with van der Waals surface area (Å²) < 4.78 is 1.80. The number of nitrogens with one attached hydrogen (secondary N) is 1. The molecular formula is C25H25ClN6O. The van der Waals surface area contributed by atoms with E-state index >= 15 is 0 Å². The van der Waals surface area contributed by atoms with Gasteiger partial charge in [0.2, 0.25) is 5.91 Å². The number of aryl methyl sites for hydroxylation is 1. The second-order valence-corrected chi connectivity index (χ2v) is 8.90. The van der Waals surface area contributed by atoms with Gasteiger partial charge in [-0.05, 0) is 55.7 Å². The Hall–Kier alpha value is -3.45. The van der Waals surface area contributed by atoms with Crippen LogP contribution < -0.4 is 10.2 Å². The number of hydrogen-bond acceptors (Lipinski definition) is 5. The van der Waals surface area contributed by atoms with Gasteiger partial charge in [-0.15, -0.1) is 15.3 Å². The number of amides is 1. The lowest BCUT2D eigenvalue weighted by Crippen LogP contribution is -2.40. The second kappa shape index (κ2) is 9.19. The first kappa shape index (κ1) is 21.4. The highest BCUT2D eigenvalue weighted by Crippen LogP contribution is 2.24. The first-order valence-corrected chi connectivity index (χ1v) is 11.5. The zero-order valence-electron chi connectivity index (χ0n) is 18.4. The number of benzene rings is 2. The summed E-state index contributed by atoms with van der Waals surface area (Å²) >= 11 is 6.03. The molecule has 0 atom stereocenters. The summed E-state index contributed by atoms with van der Waals surface area (Å²) in [5, 5.41) is 17.2. The third-order valence-electron chi connectivity index (χ3n) is 6.07. The molecule has 2 aromatic carbocycles. The standard InChI is InChI=1S/C25H25ClN6O/c1-17-4-2-6-20(14-17)24-29-28-22-8-9-23(30-32(22)24)31-12-10-19(11-13-31)25(33)27-16-18-5-3-7-21(26)15-18/h2-9,14-15,19H,10-13,16H2,1H3,(H,27,33). The van der Waals surface area contributed by atoms with Crippen molar-refractivity contribution in [2.45, 2.75) is 26.3 Å². The molecule has 0 unspecified atom stereocenters. The van der Waals surface area contributed by atoms with E-state index in [2.05, 4.69) is 39.5 Å². The van der Waals surface area contributed by atoms with E-state index in [0.29, 0.717) is 17.2 Å². The molecule has 0 saturated carbocycles. The number of piperidine rings is 1. The average Bonchev–Trinajstić information content (AvgIpc) is 3.26. The lowest BCUT2D eigenvalue weighted by Gasteiger charge is -2.32. The molecule has 3 heterocycles. The molecule has 168 valence electrons. The first-order chi connectivity index (χ1) is 16.1. The predicted octanol–water partition coefficient (Wildman–Crippen LogP) is 4.29. The predicted molar refractivity (Wildman–Crippen MR) is 129 cm³/mol. The number of carbonyl (C=O) groups excluding carboxylic acids is 1. The molecule has 0 radical (unpaired) electrons. The maximum atomic E-state index is 12.7. The summed E-state index contributed by atoms with van der Waals surface area (Å²) in [4.78, 5) is 14.9. The van der Waals surface area contributed by atoms with Crippen LogP contribution in [0.5, 0.6) is 0 Å². The Morgan fingerprint density at radius 1 is 1.06 bits per heavy atom. The van der Waals surface area contributed by atoms with Gasteiger partial charge in [0.15, 0.2) is 11.5 Å². The van der Waals surface area contributed by atoms with Crippen molar-refractivity contribution in [2.24, 2.45) is 5.92 Å². The first-order valence-electron chi connectivity index (χ1n) is 11.1. The molecule has 0 spiro atoms. The summed E-state index contributed by atoms with van der Waals surface area (Å²) in [6.45, 7) is 4.10. The Morgan fingerprint density at radius 3 is 2.67 bits per heavy atom. The van der Waals surface area contributed by atoms with Crippen LogP contribution in [0.15, 0.2) is 60.7 Å². The lowest BCUT2D eigenvalue weighted by atomic mass is 9.96. The molecule has 4 aromatic rings. The van der Waals surface area contributed by atoms with Gasteiger partial charge in [0.25, 0.3) is 0 Å². The van der Waals surface area contributed by atoms with E-state index < -0.39 is 0 Å². The molecular weight excluding hydrogens is 436 g/mol. The summed E-state index contributed by atoms with van der Waals surface area (Å²) in [7, 11) is 0. The fraction of sp³-hybridized carbons (Fsp3) is 0.280. The maximum Gasteiger partial charge on any atom is 0.223 e. The van der Waals surface area contributed by atoms with Crippen LogP contribution in [0.25, 0.3) is 17.0 Å². The van der Waals surface area contributed by atoms with Gasteiger partial charge in [0.05, 0.1) is 0 Å².